The van der Waals surface area contributed by atoms with Crippen LogP contribution < -0.4 is 10.4 Å². The van der Waals surface area contributed by atoms with Crippen LogP contribution in [0.3, 0.4) is 0 Å². The zero-order valence-corrected chi connectivity index (χ0v) is 17.4. The minimum Gasteiger partial charge on any atom is -0.549 e. The molecule has 0 saturated heterocycles. The van der Waals surface area contributed by atoms with Gasteiger partial charge in [-0.3, -0.25) is 0 Å². The van der Waals surface area contributed by atoms with Crippen LogP contribution >= 0.6 is 23.2 Å². The van der Waals surface area contributed by atoms with Crippen molar-refractivity contribution in [2.45, 2.75) is 57.7 Å². The summed E-state index contributed by atoms with van der Waals surface area (Å²) in [5.41, 5.74) is -0.559. The highest BCUT2D eigenvalue weighted by molar-refractivity contribution is 6.35. The van der Waals surface area contributed by atoms with Crippen LogP contribution in [-0.2, 0) is 4.79 Å². The van der Waals surface area contributed by atoms with E-state index < -0.39 is 35.9 Å². The number of carboxylic acids is 1. The number of benzene rings is 1. The number of alkyl halides is 3. The Morgan fingerprint density at radius 2 is 2.00 bits per heavy atom. The van der Waals surface area contributed by atoms with E-state index in [2.05, 4.69) is 5.32 Å². The number of halogens is 5. The predicted molar refractivity (Wildman–Crippen MR) is 102 cm³/mol. The lowest BCUT2D eigenvalue weighted by Crippen LogP contribution is -2.59. The Morgan fingerprint density at radius 1 is 1.34 bits per heavy atom. The van der Waals surface area contributed by atoms with Crippen LogP contribution in [0.25, 0.3) is 0 Å². The van der Waals surface area contributed by atoms with Gasteiger partial charge in [0.2, 0.25) is 0 Å². The van der Waals surface area contributed by atoms with Gasteiger partial charge in [0.25, 0.3) is 0 Å². The van der Waals surface area contributed by atoms with Crippen LogP contribution in [0.4, 0.5) is 13.2 Å². The number of allylic oxidation sites excluding steroid dienone is 2. The number of nitrogens with one attached hydrogen (secondary N) is 1. The first-order valence-corrected chi connectivity index (χ1v) is 9.78. The van der Waals surface area contributed by atoms with Gasteiger partial charge in [0.1, 0.15) is 0 Å². The van der Waals surface area contributed by atoms with Crippen molar-refractivity contribution in [2.24, 2.45) is 5.41 Å². The van der Waals surface area contributed by atoms with Crippen molar-refractivity contribution in [3.05, 3.63) is 45.1 Å². The van der Waals surface area contributed by atoms with Crippen molar-refractivity contribution < 1.29 is 23.1 Å². The molecule has 1 aromatic rings. The van der Waals surface area contributed by atoms with Gasteiger partial charge in [-0.05, 0) is 37.5 Å². The number of nitriles is 1. The van der Waals surface area contributed by atoms with Crippen molar-refractivity contribution in [2.75, 3.05) is 0 Å². The Hall–Kier alpha value is -1.91. The number of carboxylic acid groups (broad SMARTS) is 1. The molecule has 1 aromatic carbocycles. The first-order valence-electron chi connectivity index (χ1n) is 9.02. The Bertz CT molecular complexity index is 864. The van der Waals surface area contributed by atoms with E-state index in [9.17, 15) is 28.3 Å². The number of carbonyl (C=O) groups is 1. The van der Waals surface area contributed by atoms with Crippen molar-refractivity contribution in [3.63, 3.8) is 0 Å². The van der Waals surface area contributed by atoms with E-state index in [1.807, 2.05) is 6.07 Å². The van der Waals surface area contributed by atoms with Crippen LogP contribution in [0.5, 0.6) is 0 Å². The SMILES string of the molecule is CC1=C(C#N)C(c2ccc(Cl)cc2Cl)C(C)(C(=O)[O-])C(CCCCC(F)(F)F)N1. The van der Waals surface area contributed by atoms with Gasteiger partial charge in [-0.1, -0.05) is 42.6 Å². The summed E-state index contributed by atoms with van der Waals surface area (Å²) in [6.45, 7) is 3.07. The second-order valence-corrected chi connectivity index (χ2v) is 8.22. The molecule has 0 aliphatic carbocycles. The van der Waals surface area contributed by atoms with Crippen LogP contribution in [-0.4, -0.2) is 18.2 Å². The van der Waals surface area contributed by atoms with E-state index >= 15 is 0 Å². The summed E-state index contributed by atoms with van der Waals surface area (Å²) < 4.78 is 37.3. The zero-order valence-electron chi connectivity index (χ0n) is 15.9. The van der Waals surface area contributed by atoms with Gasteiger partial charge in [-0.15, -0.1) is 0 Å². The molecule has 0 fully saturated rings. The number of nitrogens with zero attached hydrogens (tertiary/aromatic N) is 1. The van der Waals surface area contributed by atoms with Crippen LogP contribution in [0.15, 0.2) is 29.5 Å². The number of aliphatic carboxylic acids is 1. The highest BCUT2D eigenvalue weighted by Crippen LogP contribution is 2.50. The monoisotopic (exact) mass is 447 g/mol. The van der Waals surface area contributed by atoms with Crippen LogP contribution in [0.2, 0.25) is 10.0 Å². The van der Waals surface area contributed by atoms with E-state index in [4.69, 9.17) is 23.2 Å². The maximum atomic E-state index is 12.4. The summed E-state index contributed by atoms with van der Waals surface area (Å²) in [7, 11) is 0. The molecule has 0 saturated carbocycles. The minimum absolute atomic E-state index is 0.120. The maximum absolute atomic E-state index is 12.4. The van der Waals surface area contributed by atoms with Crippen molar-refractivity contribution in [1.82, 2.24) is 5.32 Å². The molecule has 0 amide bonds. The molecule has 0 bridgehead atoms. The summed E-state index contributed by atoms with van der Waals surface area (Å²) in [5.74, 6) is -2.35. The third kappa shape index (κ3) is 4.99. The van der Waals surface area contributed by atoms with Gasteiger partial charge >= 0.3 is 6.18 Å². The molecule has 3 atom stereocenters. The summed E-state index contributed by atoms with van der Waals surface area (Å²) in [6, 6.07) is 5.87. The number of unbranched alkanes of at least 4 members (excludes halogenated alkanes) is 1. The largest absolute Gasteiger partial charge is 0.549 e. The third-order valence-electron chi connectivity index (χ3n) is 5.44. The molecule has 29 heavy (non-hydrogen) atoms. The molecular formula is C20H20Cl2F3N2O2-. The Morgan fingerprint density at radius 3 is 2.52 bits per heavy atom. The van der Waals surface area contributed by atoms with Gasteiger partial charge in [-0.25, -0.2) is 0 Å². The summed E-state index contributed by atoms with van der Waals surface area (Å²) in [6.07, 6.45) is -4.99. The van der Waals surface area contributed by atoms with Gasteiger partial charge in [0.05, 0.1) is 17.6 Å². The van der Waals surface area contributed by atoms with Crippen molar-refractivity contribution >= 4 is 29.2 Å². The molecular weight excluding hydrogens is 428 g/mol. The number of hydrogen-bond acceptors (Lipinski definition) is 4. The molecule has 2 rings (SSSR count). The molecule has 3 unspecified atom stereocenters. The fraction of sp³-hybridized carbons (Fsp3) is 0.500. The molecule has 1 aliphatic rings. The highest BCUT2D eigenvalue weighted by Gasteiger charge is 2.49. The van der Waals surface area contributed by atoms with E-state index in [0.717, 1.165) is 0 Å². The Balaban J connectivity index is 2.47. The van der Waals surface area contributed by atoms with Crippen molar-refractivity contribution in [3.8, 4) is 6.07 Å². The van der Waals surface area contributed by atoms with E-state index in [0.29, 0.717) is 16.3 Å². The molecule has 0 radical (unpaired) electrons. The molecule has 0 aromatic heterocycles. The van der Waals surface area contributed by atoms with Gasteiger partial charge in [0.15, 0.2) is 0 Å². The fourth-order valence-corrected chi connectivity index (χ4v) is 4.39. The summed E-state index contributed by atoms with van der Waals surface area (Å²) in [4.78, 5) is 12.3. The summed E-state index contributed by atoms with van der Waals surface area (Å²) >= 11 is 12.3. The Kier molecular flexibility index (Phi) is 7.13. The first-order chi connectivity index (χ1) is 13.4. The smallest absolute Gasteiger partial charge is 0.389 e. The first kappa shape index (κ1) is 23.4. The second-order valence-electron chi connectivity index (χ2n) is 7.38. The normalized spacial score (nSPS) is 24.8. The third-order valence-corrected chi connectivity index (χ3v) is 6.01. The van der Waals surface area contributed by atoms with Gasteiger partial charge in [0, 0.05) is 39.5 Å². The van der Waals surface area contributed by atoms with Crippen LogP contribution in [0.1, 0.15) is 51.0 Å². The molecule has 1 heterocycles. The standard InChI is InChI=1S/C20H21Cl2F3N2O2/c1-11-14(10-26)17(13-7-6-12(21)9-15(13)22)19(2,18(28)29)16(27-11)5-3-4-8-20(23,24)25/h6-7,9,16-17,27H,3-5,8H2,1-2H3,(H,28,29)/p-1. The fourth-order valence-electron chi connectivity index (χ4n) is 3.88. The predicted octanol–water partition coefficient (Wildman–Crippen LogP) is 4.73. The minimum atomic E-state index is -4.26. The quantitative estimate of drug-likeness (QED) is 0.639. The van der Waals surface area contributed by atoms with E-state index in [1.165, 1.54) is 13.0 Å². The molecule has 158 valence electrons. The molecule has 4 nitrogen and oxygen atoms in total. The molecule has 1 N–H and O–H groups in total. The average molecular weight is 448 g/mol. The topological polar surface area (TPSA) is 76.0 Å². The number of carbonyl (C=O) groups excluding carboxylic acids is 1. The molecule has 9 heteroatoms. The second kappa shape index (κ2) is 8.85. The summed E-state index contributed by atoms with van der Waals surface area (Å²) in [5, 5.41) is 25.5. The molecule has 0 spiro atoms. The van der Waals surface area contributed by atoms with E-state index in [1.54, 1.807) is 19.1 Å². The highest BCUT2D eigenvalue weighted by atomic mass is 35.5. The van der Waals surface area contributed by atoms with Crippen LogP contribution in [0, 0.1) is 16.7 Å². The number of hydrogen-bond donors (Lipinski definition) is 1. The number of rotatable bonds is 6. The van der Waals surface area contributed by atoms with Gasteiger partial charge < -0.3 is 15.2 Å². The lowest BCUT2D eigenvalue weighted by Gasteiger charge is -2.49. The van der Waals surface area contributed by atoms with E-state index in [-0.39, 0.29) is 29.9 Å². The van der Waals surface area contributed by atoms with Crippen molar-refractivity contribution in [1.29, 1.82) is 5.26 Å². The van der Waals surface area contributed by atoms with Gasteiger partial charge in [-0.2, -0.15) is 18.4 Å². The molecule has 1 aliphatic heterocycles. The maximum Gasteiger partial charge on any atom is 0.389 e. The average Bonchev–Trinajstić information content (AvgIpc) is 2.60. The lowest BCUT2D eigenvalue weighted by atomic mass is 9.62. The lowest BCUT2D eigenvalue weighted by molar-refractivity contribution is -0.321. The zero-order chi connectivity index (χ0) is 22.0. The Labute approximate surface area is 177 Å².